The highest BCUT2D eigenvalue weighted by molar-refractivity contribution is 7.99. The summed E-state index contributed by atoms with van der Waals surface area (Å²) in [4.78, 5) is 11.7. The molecule has 0 aliphatic carbocycles. The summed E-state index contributed by atoms with van der Waals surface area (Å²) in [6.45, 7) is 0. The Balaban J connectivity index is 1.89. The number of nitrogens with one attached hydrogen (secondary N) is 1. The van der Waals surface area contributed by atoms with Gasteiger partial charge in [-0.25, -0.2) is 13.2 Å². The van der Waals surface area contributed by atoms with Gasteiger partial charge in [0.05, 0.1) is 11.4 Å². The number of carbonyl (C=O) groups excluding carboxylic acids is 1. The van der Waals surface area contributed by atoms with Crippen molar-refractivity contribution < 1.29 is 18.0 Å². The van der Waals surface area contributed by atoms with Gasteiger partial charge in [0.1, 0.15) is 5.82 Å². The Labute approximate surface area is 145 Å². The lowest BCUT2D eigenvalue weighted by Gasteiger charge is -2.08. The average molecular weight is 380 g/mol. The lowest BCUT2D eigenvalue weighted by molar-refractivity contribution is -0.113. The third-order valence-corrected chi connectivity index (χ3v) is 4.36. The molecule has 0 fully saturated rings. The van der Waals surface area contributed by atoms with E-state index in [0.717, 1.165) is 5.56 Å². The zero-order chi connectivity index (χ0) is 17.0. The van der Waals surface area contributed by atoms with Crippen LogP contribution in [0.1, 0.15) is 5.56 Å². The molecule has 2 aromatic carbocycles. The summed E-state index contributed by atoms with van der Waals surface area (Å²) in [5, 5.41) is 3.19. The van der Waals surface area contributed by atoms with E-state index in [4.69, 9.17) is 23.2 Å². The van der Waals surface area contributed by atoms with Gasteiger partial charge in [0.15, 0.2) is 11.6 Å². The van der Waals surface area contributed by atoms with Crippen LogP contribution in [0.3, 0.4) is 0 Å². The second kappa shape index (κ2) is 7.95. The third kappa shape index (κ3) is 5.06. The van der Waals surface area contributed by atoms with Gasteiger partial charge in [0.25, 0.3) is 0 Å². The first-order chi connectivity index (χ1) is 10.9. The molecule has 0 atom stereocenters. The van der Waals surface area contributed by atoms with Crippen LogP contribution in [-0.4, -0.2) is 11.7 Å². The maximum absolute atomic E-state index is 13.4. The molecule has 0 aliphatic heterocycles. The van der Waals surface area contributed by atoms with Gasteiger partial charge in [-0.2, -0.15) is 0 Å². The van der Waals surface area contributed by atoms with E-state index in [1.54, 1.807) is 18.2 Å². The number of amides is 1. The highest BCUT2D eigenvalue weighted by Crippen LogP contribution is 2.25. The van der Waals surface area contributed by atoms with Gasteiger partial charge in [0.2, 0.25) is 5.91 Å². The van der Waals surface area contributed by atoms with Crippen molar-refractivity contribution in [3.63, 3.8) is 0 Å². The van der Waals surface area contributed by atoms with E-state index in [9.17, 15) is 18.0 Å². The molecule has 1 amide bonds. The van der Waals surface area contributed by atoms with Crippen LogP contribution in [0.4, 0.5) is 18.9 Å². The second-order valence-corrected chi connectivity index (χ2v) is 6.35. The number of hydrogen-bond acceptors (Lipinski definition) is 2. The monoisotopic (exact) mass is 379 g/mol. The SMILES string of the molecule is O=C(CSCc1ccc(Cl)cc1Cl)Nc1cc(F)c(F)cc1F. The van der Waals surface area contributed by atoms with Crippen molar-refractivity contribution in [1.82, 2.24) is 0 Å². The largest absolute Gasteiger partial charge is 0.323 e. The number of hydrogen-bond donors (Lipinski definition) is 1. The molecule has 2 aromatic rings. The number of thioether (sulfide) groups is 1. The van der Waals surface area contributed by atoms with Crippen molar-refractivity contribution in [3.05, 3.63) is 63.4 Å². The number of halogens is 5. The molecule has 0 unspecified atom stereocenters. The van der Waals surface area contributed by atoms with Gasteiger partial charge >= 0.3 is 0 Å². The van der Waals surface area contributed by atoms with E-state index < -0.39 is 29.0 Å². The Morgan fingerprint density at radius 2 is 1.74 bits per heavy atom. The molecule has 122 valence electrons. The van der Waals surface area contributed by atoms with Crippen molar-refractivity contribution in [2.24, 2.45) is 0 Å². The van der Waals surface area contributed by atoms with Crippen molar-refractivity contribution in [3.8, 4) is 0 Å². The van der Waals surface area contributed by atoms with E-state index in [0.29, 0.717) is 27.9 Å². The first-order valence-electron chi connectivity index (χ1n) is 6.33. The number of rotatable bonds is 5. The normalized spacial score (nSPS) is 10.7. The van der Waals surface area contributed by atoms with E-state index in [1.807, 2.05) is 0 Å². The lowest BCUT2D eigenvalue weighted by Crippen LogP contribution is -2.15. The standard InChI is InChI=1S/C15H10Cl2F3NOS/c16-9-2-1-8(10(17)3-9)6-23-7-15(22)21-14-5-12(19)11(18)4-13(14)20/h1-5H,6-7H2,(H,21,22). The maximum atomic E-state index is 13.4. The third-order valence-electron chi connectivity index (χ3n) is 2.79. The smallest absolute Gasteiger partial charge is 0.234 e. The van der Waals surface area contributed by atoms with E-state index in [-0.39, 0.29) is 5.75 Å². The molecule has 0 aliphatic rings. The minimum atomic E-state index is -1.31. The summed E-state index contributed by atoms with van der Waals surface area (Å²) in [6, 6.07) is 6.00. The molecule has 0 spiro atoms. The zero-order valence-corrected chi connectivity index (χ0v) is 13.8. The highest BCUT2D eigenvalue weighted by Gasteiger charge is 2.12. The molecule has 2 rings (SSSR count). The summed E-state index contributed by atoms with van der Waals surface area (Å²) in [7, 11) is 0. The fourth-order valence-electron chi connectivity index (χ4n) is 1.70. The Morgan fingerprint density at radius 3 is 2.43 bits per heavy atom. The summed E-state index contributed by atoms with van der Waals surface area (Å²) < 4.78 is 39.2. The molecule has 8 heteroatoms. The number of carbonyl (C=O) groups is 1. The molecule has 1 N–H and O–H groups in total. The minimum absolute atomic E-state index is 0.00259. The summed E-state index contributed by atoms with van der Waals surface area (Å²) in [5.74, 6) is -3.68. The molecule has 23 heavy (non-hydrogen) atoms. The van der Waals surface area contributed by atoms with E-state index in [1.165, 1.54) is 11.8 Å². The lowest BCUT2D eigenvalue weighted by atomic mass is 10.2. The van der Waals surface area contributed by atoms with Gasteiger partial charge in [-0.05, 0) is 17.7 Å². The first-order valence-corrected chi connectivity index (χ1v) is 8.24. The number of anilines is 1. The van der Waals surface area contributed by atoms with Gasteiger partial charge in [-0.1, -0.05) is 29.3 Å². The van der Waals surface area contributed by atoms with Gasteiger partial charge in [-0.15, -0.1) is 11.8 Å². The van der Waals surface area contributed by atoms with Crippen LogP contribution in [0.15, 0.2) is 30.3 Å². The fourth-order valence-corrected chi connectivity index (χ4v) is 3.08. The first kappa shape index (κ1) is 18.0. The quantitative estimate of drug-likeness (QED) is 0.715. The minimum Gasteiger partial charge on any atom is -0.323 e. The summed E-state index contributed by atoms with van der Waals surface area (Å²) in [6.07, 6.45) is 0. The van der Waals surface area contributed by atoms with Crippen LogP contribution in [0.5, 0.6) is 0 Å². The fraction of sp³-hybridized carbons (Fsp3) is 0.133. The van der Waals surface area contributed by atoms with Crippen LogP contribution in [0, 0.1) is 17.5 Å². The van der Waals surface area contributed by atoms with Crippen molar-refractivity contribution in [2.75, 3.05) is 11.1 Å². The second-order valence-electron chi connectivity index (χ2n) is 4.52. The number of benzene rings is 2. The molecular formula is C15H10Cl2F3NOS. The van der Waals surface area contributed by atoms with E-state index >= 15 is 0 Å². The summed E-state index contributed by atoms with van der Waals surface area (Å²) in [5.41, 5.74) is 0.395. The van der Waals surface area contributed by atoms with Gasteiger partial charge in [-0.3, -0.25) is 4.79 Å². The Hall–Kier alpha value is -1.37. The Kier molecular flexibility index (Phi) is 6.21. The molecule has 0 bridgehead atoms. The topological polar surface area (TPSA) is 29.1 Å². The molecule has 0 radical (unpaired) electrons. The van der Waals surface area contributed by atoms with Gasteiger partial charge < -0.3 is 5.32 Å². The molecular weight excluding hydrogens is 370 g/mol. The van der Waals surface area contributed by atoms with Crippen molar-refractivity contribution in [1.29, 1.82) is 0 Å². The van der Waals surface area contributed by atoms with Crippen molar-refractivity contribution in [2.45, 2.75) is 5.75 Å². The predicted molar refractivity (Wildman–Crippen MR) is 87.6 cm³/mol. The molecule has 0 saturated carbocycles. The average Bonchev–Trinajstić information content (AvgIpc) is 2.47. The van der Waals surface area contributed by atoms with Crippen LogP contribution in [0.2, 0.25) is 10.0 Å². The predicted octanol–water partition coefficient (Wildman–Crippen LogP) is 5.28. The highest BCUT2D eigenvalue weighted by atomic mass is 35.5. The van der Waals surface area contributed by atoms with Crippen LogP contribution < -0.4 is 5.32 Å². The van der Waals surface area contributed by atoms with Crippen LogP contribution in [0.25, 0.3) is 0 Å². The molecule has 0 aromatic heterocycles. The Bertz CT molecular complexity index is 743. The van der Waals surface area contributed by atoms with Gasteiger partial charge in [0, 0.05) is 27.9 Å². The molecule has 0 saturated heterocycles. The Morgan fingerprint density at radius 1 is 1.04 bits per heavy atom. The van der Waals surface area contributed by atoms with Crippen LogP contribution in [-0.2, 0) is 10.5 Å². The zero-order valence-electron chi connectivity index (χ0n) is 11.5. The molecule has 2 nitrogen and oxygen atoms in total. The summed E-state index contributed by atoms with van der Waals surface area (Å²) >= 11 is 13.0. The van der Waals surface area contributed by atoms with Crippen molar-refractivity contribution >= 4 is 46.6 Å². The van der Waals surface area contributed by atoms with E-state index in [2.05, 4.69) is 5.32 Å². The maximum Gasteiger partial charge on any atom is 0.234 e. The van der Waals surface area contributed by atoms with Crippen LogP contribution >= 0.6 is 35.0 Å². The molecule has 0 heterocycles.